The number of aromatic nitrogens is 2. The number of rotatable bonds is 3. The van der Waals surface area contributed by atoms with Gasteiger partial charge in [-0.05, 0) is 19.9 Å². The van der Waals surface area contributed by atoms with Crippen LogP contribution in [0.4, 0.5) is 0 Å². The quantitative estimate of drug-likeness (QED) is 0.921. The Labute approximate surface area is 130 Å². The molecule has 21 heavy (non-hydrogen) atoms. The van der Waals surface area contributed by atoms with E-state index >= 15 is 0 Å². The molecule has 1 amide bonds. The Morgan fingerprint density at radius 2 is 2.29 bits per heavy atom. The highest BCUT2D eigenvalue weighted by molar-refractivity contribution is 8.00. The standard InChI is InChI=1S/C15H24N4OS/c1-16-14(11-9-17-18(2)10-11)15(20)19-7-8-21-13-6-4-3-5-12(13)19/h9-10,12-14,16H,3-8H2,1-2H3. The topological polar surface area (TPSA) is 50.2 Å². The van der Waals surface area contributed by atoms with E-state index in [2.05, 4.69) is 27.1 Å². The summed E-state index contributed by atoms with van der Waals surface area (Å²) in [6.07, 6.45) is 8.70. The van der Waals surface area contributed by atoms with Gasteiger partial charge in [0, 0.05) is 42.4 Å². The summed E-state index contributed by atoms with van der Waals surface area (Å²) in [5.41, 5.74) is 0.954. The van der Waals surface area contributed by atoms with Gasteiger partial charge in [0.15, 0.2) is 0 Å². The molecular formula is C15H24N4OS. The van der Waals surface area contributed by atoms with Crippen LogP contribution in [0.25, 0.3) is 0 Å². The normalized spacial score (nSPS) is 27.2. The lowest BCUT2D eigenvalue weighted by Gasteiger charge is -2.44. The summed E-state index contributed by atoms with van der Waals surface area (Å²) < 4.78 is 1.75. The number of thioether (sulfide) groups is 1. The number of nitrogens with zero attached hydrogens (tertiary/aromatic N) is 3. The van der Waals surface area contributed by atoms with Crippen molar-refractivity contribution < 1.29 is 4.79 Å². The van der Waals surface area contributed by atoms with Crippen molar-refractivity contribution in [3.63, 3.8) is 0 Å². The number of hydrogen-bond acceptors (Lipinski definition) is 4. The van der Waals surface area contributed by atoms with Gasteiger partial charge in [-0.3, -0.25) is 9.48 Å². The van der Waals surface area contributed by atoms with Crippen molar-refractivity contribution in [3.8, 4) is 0 Å². The number of amides is 1. The van der Waals surface area contributed by atoms with Crippen molar-refractivity contribution in [2.75, 3.05) is 19.3 Å². The summed E-state index contributed by atoms with van der Waals surface area (Å²) in [5.74, 6) is 1.28. The van der Waals surface area contributed by atoms with Crippen LogP contribution < -0.4 is 5.32 Å². The minimum Gasteiger partial charge on any atom is -0.336 e. The monoisotopic (exact) mass is 308 g/mol. The molecule has 1 aliphatic heterocycles. The number of fused-ring (bicyclic) bond motifs is 1. The number of carbonyl (C=O) groups excluding carboxylic acids is 1. The van der Waals surface area contributed by atoms with E-state index in [-0.39, 0.29) is 11.9 Å². The SMILES string of the molecule is CNC(C(=O)N1CCSC2CCCCC21)c1cnn(C)c1. The zero-order valence-corrected chi connectivity index (χ0v) is 13.6. The van der Waals surface area contributed by atoms with Crippen LogP contribution in [0.3, 0.4) is 0 Å². The molecule has 5 nitrogen and oxygen atoms in total. The molecule has 0 aromatic carbocycles. The van der Waals surface area contributed by atoms with E-state index in [0.29, 0.717) is 11.3 Å². The Balaban J connectivity index is 1.78. The third kappa shape index (κ3) is 2.97. The fourth-order valence-corrected chi connectivity index (χ4v) is 5.00. The molecule has 0 bridgehead atoms. The molecule has 2 fully saturated rings. The summed E-state index contributed by atoms with van der Waals surface area (Å²) in [5, 5.41) is 8.01. The number of nitrogens with one attached hydrogen (secondary N) is 1. The van der Waals surface area contributed by atoms with E-state index in [9.17, 15) is 4.79 Å². The van der Waals surface area contributed by atoms with E-state index < -0.39 is 0 Å². The molecule has 1 aromatic rings. The Kier molecular flexibility index (Phi) is 4.54. The number of hydrogen-bond donors (Lipinski definition) is 1. The third-order valence-corrected chi connectivity index (χ3v) is 6.01. The molecule has 116 valence electrons. The van der Waals surface area contributed by atoms with E-state index in [0.717, 1.165) is 24.3 Å². The molecule has 1 aliphatic carbocycles. The molecule has 3 unspecified atom stereocenters. The van der Waals surface area contributed by atoms with Crippen molar-refractivity contribution >= 4 is 17.7 Å². The fourth-order valence-electron chi connectivity index (χ4n) is 3.56. The average Bonchev–Trinajstić information content (AvgIpc) is 2.93. The lowest BCUT2D eigenvalue weighted by molar-refractivity contribution is -0.136. The first-order valence-corrected chi connectivity index (χ1v) is 8.83. The molecule has 0 radical (unpaired) electrons. The highest BCUT2D eigenvalue weighted by atomic mass is 32.2. The summed E-state index contributed by atoms with van der Waals surface area (Å²) in [7, 11) is 3.74. The predicted molar refractivity (Wildman–Crippen MR) is 85.2 cm³/mol. The van der Waals surface area contributed by atoms with E-state index in [1.165, 1.54) is 19.3 Å². The molecule has 3 atom stereocenters. The van der Waals surface area contributed by atoms with E-state index in [1.54, 1.807) is 10.9 Å². The lowest BCUT2D eigenvalue weighted by atomic mass is 9.92. The van der Waals surface area contributed by atoms with Crippen LogP contribution in [0.1, 0.15) is 37.3 Å². The first kappa shape index (κ1) is 14.9. The molecule has 2 heterocycles. The van der Waals surface area contributed by atoms with Crippen LogP contribution in [0.15, 0.2) is 12.4 Å². The molecule has 0 spiro atoms. The average molecular weight is 308 g/mol. The first-order valence-electron chi connectivity index (χ1n) is 7.78. The maximum Gasteiger partial charge on any atom is 0.244 e. The largest absolute Gasteiger partial charge is 0.336 e. The Hall–Kier alpha value is -1.01. The van der Waals surface area contributed by atoms with Crippen LogP contribution in [-0.4, -0.2) is 51.2 Å². The van der Waals surface area contributed by atoms with Crippen molar-refractivity contribution in [1.29, 1.82) is 0 Å². The van der Waals surface area contributed by atoms with Gasteiger partial charge in [0.1, 0.15) is 6.04 Å². The summed E-state index contributed by atoms with van der Waals surface area (Å²) in [6, 6.07) is 0.155. The van der Waals surface area contributed by atoms with Crippen molar-refractivity contribution in [1.82, 2.24) is 20.0 Å². The molecule has 2 aliphatic rings. The first-order chi connectivity index (χ1) is 10.2. The fraction of sp³-hybridized carbons (Fsp3) is 0.733. The zero-order valence-electron chi connectivity index (χ0n) is 12.8. The zero-order chi connectivity index (χ0) is 14.8. The molecule has 1 aromatic heterocycles. The van der Waals surface area contributed by atoms with Gasteiger partial charge in [-0.15, -0.1) is 0 Å². The maximum absolute atomic E-state index is 13.0. The molecular weight excluding hydrogens is 284 g/mol. The summed E-state index contributed by atoms with van der Waals surface area (Å²) in [4.78, 5) is 15.1. The number of likely N-dealkylation sites (N-methyl/N-ethyl adjacent to an activating group) is 1. The number of carbonyl (C=O) groups is 1. The molecule has 6 heteroatoms. The molecule has 1 N–H and O–H groups in total. The summed E-state index contributed by atoms with van der Waals surface area (Å²) in [6.45, 7) is 0.878. The molecule has 1 saturated carbocycles. The predicted octanol–water partition coefficient (Wildman–Crippen LogP) is 1.57. The minimum atomic E-state index is -0.274. The number of aryl methyl sites for hydroxylation is 1. The van der Waals surface area contributed by atoms with Gasteiger partial charge in [0.2, 0.25) is 5.91 Å². The van der Waals surface area contributed by atoms with Crippen LogP contribution in [-0.2, 0) is 11.8 Å². The highest BCUT2D eigenvalue weighted by Crippen LogP contribution is 2.36. The van der Waals surface area contributed by atoms with Crippen molar-refractivity contribution in [2.45, 2.75) is 43.0 Å². The van der Waals surface area contributed by atoms with Crippen LogP contribution in [0.2, 0.25) is 0 Å². The molecule has 1 saturated heterocycles. The van der Waals surface area contributed by atoms with Crippen LogP contribution in [0, 0.1) is 0 Å². The van der Waals surface area contributed by atoms with Gasteiger partial charge < -0.3 is 10.2 Å². The second kappa shape index (κ2) is 6.40. The Morgan fingerprint density at radius 3 is 3.00 bits per heavy atom. The van der Waals surface area contributed by atoms with Gasteiger partial charge in [-0.1, -0.05) is 12.8 Å². The van der Waals surface area contributed by atoms with Crippen molar-refractivity contribution in [3.05, 3.63) is 18.0 Å². The summed E-state index contributed by atoms with van der Waals surface area (Å²) >= 11 is 2.06. The Morgan fingerprint density at radius 1 is 1.48 bits per heavy atom. The third-order valence-electron chi connectivity index (χ3n) is 4.61. The van der Waals surface area contributed by atoms with E-state index in [4.69, 9.17) is 0 Å². The van der Waals surface area contributed by atoms with Gasteiger partial charge in [-0.2, -0.15) is 16.9 Å². The maximum atomic E-state index is 13.0. The lowest BCUT2D eigenvalue weighted by Crippen LogP contribution is -2.54. The van der Waals surface area contributed by atoms with Gasteiger partial charge in [0.25, 0.3) is 0 Å². The highest BCUT2D eigenvalue weighted by Gasteiger charge is 2.38. The van der Waals surface area contributed by atoms with E-state index in [1.807, 2.05) is 20.3 Å². The minimum absolute atomic E-state index is 0.211. The Bertz CT molecular complexity index is 502. The smallest absolute Gasteiger partial charge is 0.244 e. The van der Waals surface area contributed by atoms with Crippen molar-refractivity contribution in [2.24, 2.45) is 7.05 Å². The van der Waals surface area contributed by atoms with Gasteiger partial charge >= 0.3 is 0 Å². The second-order valence-electron chi connectivity index (χ2n) is 5.96. The van der Waals surface area contributed by atoms with Gasteiger partial charge in [0.05, 0.1) is 6.20 Å². The molecule has 3 rings (SSSR count). The van der Waals surface area contributed by atoms with Crippen LogP contribution >= 0.6 is 11.8 Å². The second-order valence-corrected chi connectivity index (χ2v) is 7.31. The van der Waals surface area contributed by atoms with Gasteiger partial charge in [-0.25, -0.2) is 0 Å². The van der Waals surface area contributed by atoms with Crippen LogP contribution in [0.5, 0.6) is 0 Å².